The first-order chi connectivity index (χ1) is 6.00. The number of amides is 1. The van der Waals surface area contributed by atoms with Crippen LogP contribution in [-0.2, 0) is 4.79 Å². The van der Waals surface area contributed by atoms with Crippen molar-refractivity contribution in [3.05, 3.63) is 10.0 Å². The molecular formula is C8H11ClN2OS. The molecule has 0 saturated heterocycles. The van der Waals surface area contributed by atoms with Crippen molar-refractivity contribution >= 4 is 34.0 Å². The molecule has 0 aromatic carbocycles. The van der Waals surface area contributed by atoms with Crippen LogP contribution in [0.15, 0.2) is 0 Å². The number of aromatic nitrogens is 1. The van der Waals surface area contributed by atoms with Gasteiger partial charge in [0.25, 0.3) is 0 Å². The van der Waals surface area contributed by atoms with Crippen molar-refractivity contribution in [1.29, 1.82) is 0 Å². The molecule has 13 heavy (non-hydrogen) atoms. The van der Waals surface area contributed by atoms with Gasteiger partial charge in [-0.1, -0.05) is 25.4 Å². The third-order valence-corrected chi connectivity index (χ3v) is 2.86. The second-order valence-corrected chi connectivity index (χ2v) is 4.57. The first-order valence-electron chi connectivity index (χ1n) is 3.94. The Morgan fingerprint density at radius 1 is 1.62 bits per heavy atom. The van der Waals surface area contributed by atoms with Gasteiger partial charge < -0.3 is 5.32 Å². The van der Waals surface area contributed by atoms with Crippen molar-refractivity contribution in [1.82, 2.24) is 4.98 Å². The third kappa shape index (κ3) is 2.67. The van der Waals surface area contributed by atoms with E-state index in [0.29, 0.717) is 10.3 Å². The van der Waals surface area contributed by atoms with Crippen molar-refractivity contribution in [2.75, 3.05) is 5.32 Å². The number of nitrogens with zero attached hydrogens (tertiary/aromatic N) is 1. The number of aryl methyl sites for hydroxylation is 1. The average molecular weight is 219 g/mol. The molecule has 0 radical (unpaired) electrons. The van der Waals surface area contributed by atoms with Gasteiger partial charge in [-0.2, -0.15) is 0 Å². The number of carbonyl (C=O) groups excluding carboxylic acids is 1. The molecule has 0 aliphatic heterocycles. The fourth-order valence-corrected chi connectivity index (χ4v) is 1.64. The lowest BCUT2D eigenvalue weighted by Gasteiger charge is -2.02. The number of hydrogen-bond donors (Lipinski definition) is 1. The predicted octanol–water partition coefficient (Wildman–Crippen LogP) is 2.70. The van der Waals surface area contributed by atoms with Crippen molar-refractivity contribution in [2.24, 2.45) is 5.92 Å². The molecular weight excluding hydrogens is 208 g/mol. The lowest BCUT2D eigenvalue weighted by atomic mass is 10.2. The minimum Gasteiger partial charge on any atom is -0.302 e. The Balaban J connectivity index is 2.70. The van der Waals surface area contributed by atoms with Gasteiger partial charge in [-0.15, -0.1) is 11.3 Å². The largest absolute Gasteiger partial charge is 0.302 e. The topological polar surface area (TPSA) is 42.0 Å². The minimum absolute atomic E-state index is 0.0367. The highest BCUT2D eigenvalue weighted by Gasteiger charge is 2.11. The normalized spacial score (nSPS) is 10.5. The van der Waals surface area contributed by atoms with E-state index in [9.17, 15) is 4.79 Å². The molecule has 1 aromatic heterocycles. The minimum atomic E-state index is -0.0389. The Morgan fingerprint density at radius 3 is 2.62 bits per heavy atom. The Labute approximate surface area is 86.1 Å². The van der Waals surface area contributed by atoms with Crippen LogP contribution in [0.25, 0.3) is 0 Å². The fourth-order valence-electron chi connectivity index (χ4n) is 0.681. The van der Waals surface area contributed by atoms with Gasteiger partial charge in [-0.05, 0) is 6.92 Å². The lowest BCUT2D eigenvalue weighted by Crippen LogP contribution is -2.17. The molecule has 1 N–H and O–H groups in total. The Kier molecular flexibility index (Phi) is 3.27. The summed E-state index contributed by atoms with van der Waals surface area (Å²) in [5.41, 5.74) is 0. The number of nitrogens with one attached hydrogen (secondary N) is 1. The number of hydrogen-bond acceptors (Lipinski definition) is 3. The predicted molar refractivity (Wildman–Crippen MR) is 55.3 cm³/mol. The van der Waals surface area contributed by atoms with Crippen LogP contribution in [-0.4, -0.2) is 10.9 Å². The van der Waals surface area contributed by atoms with Gasteiger partial charge in [0, 0.05) is 10.8 Å². The van der Waals surface area contributed by atoms with E-state index in [2.05, 4.69) is 10.3 Å². The maximum Gasteiger partial charge on any atom is 0.228 e. The SMILES string of the molecule is Cc1sc(NC(=O)C(C)C)nc1Cl. The highest BCUT2D eigenvalue weighted by molar-refractivity contribution is 7.16. The molecule has 72 valence electrons. The van der Waals surface area contributed by atoms with Crippen LogP contribution in [0.1, 0.15) is 18.7 Å². The molecule has 0 spiro atoms. The zero-order valence-electron chi connectivity index (χ0n) is 7.72. The van der Waals surface area contributed by atoms with Crippen LogP contribution in [0.2, 0.25) is 5.15 Å². The van der Waals surface area contributed by atoms with E-state index in [0.717, 1.165) is 4.88 Å². The lowest BCUT2D eigenvalue weighted by molar-refractivity contribution is -0.118. The molecule has 0 saturated carbocycles. The van der Waals surface area contributed by atoms with Crippen molar-refractivity contribution in [3.8, 4) is 0 Å². The van der Waals surface area contributed by atoms with Gasteiger partial charge in [0.05, 0.1) is 0 Å². The first-order valence-corrected chi connectivity index (χ1v) is 5.14. The van der Waals surface area contributed by atoms with E-state index in [1.165, 1.54) is 11.3 Å². The van der Waals surface area contributed by atoms with Crippen LogP contribution in [0, 0.1) is 12.8 Å². The van der Waals surface area contributed by atoms with Gasteiger partial charge in [-0.3, -0.25) is 4.79 Å². The summed E-state index contributed by atoms with van der Waals surface area (Å²) in [5, 5.41) is 3.72. The summed E-state index contributed by atoms with van der Waals surface area (Å²) < 4.78 is 0. The summed E-state index contributed by atoms with van der Waals surface area (Å²) in [6, 6.07) is 0. The van der Waals surface area contributed by atoms with E-state index in [4.69, 9.17) is 11.6 Å². The first kappa shape index (κ1) is 10.5. The Morgan fingerprint density at radius 2 is 2.23 bits per heavy atom. The van der Waals surface area contributed by atoms with Gasteiger partial charge in [0.2, 0.25) is 5.91 Å². The second-order valence-electron chi connectivity index (χ2n) is 3.01. The summed E-state index contributed by atoms with van der Waals surface area (Å²) in [7, 11) is 0. The molecule has 1 rings (SSSR count). The molecule has 0 aliphatic rings. The molecule has 1 amide bonds. The van der Waals surface area contributed by atoms with Crippen molar-refractivity contribution < 1.29 is 4.79 Å². The van der Waals surface area contributed by atoms with E-state index in [1.807, 2.05) is 20.8 Å². The monoisotopic (exact) mass is 218 g/mol. The van der Waals surface area contributed by atoms with Crippen LogP contribution in [0.3, 0.4) is 0 Å². The van der Waals surface area contributed by atoms with E-state index < -0.39 is 0 Å². The molecule has 1 heterocycles. The van der Waals surface area contributed by atoms with Crippen LogP contribution >= 0.6 is 22.9 Å². The Hall–Kier alpha value is -0.610. The zero-order valence-corrected chi connectivity index (χ0v) is 9.29. The quantitative estimate of drug-likeness (QED) is 0.830. The number of carbonyl (C=O) groups is 1. The van der Waals surface area contributed by atoms with Gasteiger partial charge in [0.15, 0.2) is 5.13 Å². The number of anilines is 1. The van der Waals surface area contributed by atoms with Crippen molar-refractivity contribution in [3.63, 3.8) is 0 Å². The summed E-state index contributed by atoms with van der Waals surface area (Å²) in [6.45, 7) is 5.53. The molecule has 0 fully saturated rings. The summed E-state index contributed by atoms with van der Waals surface area (Å²) in [6.07, 6.45) is 0. The van der Waals surface area contributed by atoms with Gasteiger partial charge >= 0.3 is 0 Å². The fraction of sp³-hybridized carbons (Fsp3) is 0.500. The highest BCUT2D eigenvalue weighted by atomic mass is 35.5. The van der Waals surface area contributed by atoms with E-state index in [1.54, 1.807) is 0 Å². The van der Waals surface area contributed by atoms with Crippen LogP contribution < -0.4 is 5.32 Å². The maximum absolute atomic E-state index is 11.2. The average Bonchev–Trinajstić information content (AvgIpc) is 2.31. The summed E-state index contributed by atoms with van der Waals surface area (Å²) in [4.78, 5) is 16.1. The van der Waals surface area contributed by atoms with E-state index in [-0.39, 0.29) is 11.8 Å². The summed E-state index contributed by atoms with van der Waals surface area (Å²) in [5.74, 6) is -0.0756. The maximum atomic E-state index is 11.2. The standard InChI is InChI=1S/C8H11ClN2OS/c1-4(2)7(12)11-8-10-6(9)5(3)13-8/h4H,1-3H3,(H,10,11,12). The highest BCUT2D eigenvalue weighted by Crippen LogP contribution is 2.25. The molecule has 0 bridgehead atoms. The van der Waals surface area contributed by atoms with Crippen LogP contribution in [0.5, 0.6) is 0 Å². The molecule has 1 aromatic rings. The van der Waals surface area contributed by atoms with Crippen LogP contribution in [0.4, 0.5) is 5.13 Å². The third-order valence-electron chi connectivity index (χ3n) is 1.49. The number of thiazole rings is 1. The zero-order chi connectivity index (χ0) is 10.0. The molecule has 0 aliphatic carbocycles. The van der Waals surface area contributed by atoms with Crippen molar-refractivity contribution in [2.45, 2.75) is 20.8 Å². The van der Waals surface area contributed by atoms with E-state index >= 15 is 0 Å². The summed E-state index contributed by atoms with van der Waals surface area (Å²) >= 11 is 7.13. The molecule has 0 atom stereocenters. The number of rotatable bonds is 2. The Bertz CT molecular complexity index is 302. The van der Waals surface area contributed by atoms with Gasteiger partial charge in [0.1, 0.15) is 5.15 Å². The number of halogens is 1. The molecule has 3 nitrogen and oxygen atoms in total. The second kappa shape index (κ2) is 4.07. The molecule has 0 unspecified atom stereocenters. The van der Waals surface area contributed by atoms with Gasteiger partial charge in [-0.25, -0.2) is 4.98 Å². The smallest absolute Gasteiger partial charge is 0.228 e. The molecule has 5 heteroatoms.